The molecule has 0 N–H and O–H groups in total. The lowest BCUT2D eigenvalue weighted by Gasteiger charge is -2.34. The van der Waals surface area contributed by atoms with Crippen molar-refractivity contribution in [1.29, 1.82) is 0 Å². The molecule has 3 heterocycles. The smallest absolute Gasteiger partial charge is 0.254 e. The first-order chi connectivity index (χ1) is 10.3. The van der Waals surface area contributed by atoms with Gasteiger partial charge in [0.05, 0.1) is 6.33 Å². The van der Waals surface area contributed by atoms with Gasteiger partial charge in [0, 0.05) is 69.6 Å². The number of amides is 1. The maximum Gasteiger partial charge on any atom is 0.254 e. The number of piperazine rings is 1. The molecule has 0 bridgehead atoms. The van der Waals surface area contributed by atoms with Crippen LogP contribution in [0.2, 0.25) is 0 Å². The van der Waals surface area contributed by atoms with Crippen molar-refractivity contribution in [2.24, 2.45) is 0 Å². The van der Waals surface area contributed by atoms with Crippen molar-refractivity contribution in [3.05, 3.63) is 48.8 Å². The van der Waals surface area contributed by atoms with E-state index in [2.05, 4.69) is 19.4 Å². The summed E-state index contributed by atoms with van der Waals surface area (Å²) in [5.74, 6) is 0.103. The number of imidazole rings is 1. The van der Waals surface area contributed by atoms with Gasteiger partial charge in [0.1, 0.15) is 0 Å². The van der Waals surface area contributed by atoms with E-state index in [4.69, 9.17) is 0 Å². The van der Waals surface area contributed by atoms with Gasteiger partial charge in [-0.3, -0.25) is 14.7 Å². The van der Waals surface area contributed by atoms with Crippen LogP contribution in [-0.2, 0) is 6.54 Å². The number of aromatic nitrogens is 3. The fraction of sp³-hybridized carbons (Fsp3) is 0.400. The number of hydrogen-bond acceptors (Lipinski definition) is 4. The van der Waals surface area contributed by atoms with Crippen molar-refractivity contribution in [3.63, 3.8) is 0 Å². The van der Waals surface area contributed by atoms with Gasteiger partial charge in [-0.25, -0.2) is 4.98 Å². The molecule has 110 valence electrons. The summed E-state index contributed by atoms with van der Waals surface area (Å²) in [6, 6.07) is 3.54. The quantitative estimate of drug-likeness (QED) is 0.831. The van der Waals surface area contributed by atoms with E-state index in [1.54, 1.807) is 30.7 Å². The molecule has 0 radical (unpaired) electrons. The summed E-state index contributed by atoms with van der Waals surface area (Å²) >= 11 is 0. The van der Waals surface area contributed by atoms with E-state index in [1.807, 2.05) is 17.4 Å². The minimum Gasteiger partial charge on any atom is -0.336 e. The molecule has 1 saturated heterocycles. The number of rotatable bonds is 4. The molecule has 6 nitrogen and oxygen atoms in total. The van der Waals surface area contributed by atoms with Gasteiger partial charge in [0.25, 0.3) is 5.91 Å². The summed E-state index contributed by atoms with van der Waals surface area (Å²) in [5.41, 5.74) is 0.719. The third kappa shape index (κ3) is 3.46. The van der Waals surface area contributed by atoms with E-state index in [9.17, 15) is 4.79 Å². The lowest BCUT2D eigenvalue weighted by molar-refractivity contribution is 0.0633. The zero-order valence-corrected chi connectivity index (χ0v) is 11.9. The van der Waals surface area contributed by atoms with E-state index >= 15 is 0 Å². The molecule has 2 aromatic heterocycles. The first-order valence-electron chi connectivity index (χ1n) is 7.20. The van der Waals surface area contributed by atoms with Gasteiger partial charge in [-0.2, -0.15) is 0 Å². The standard InChI is InChI=1S/C15H19N5O/c21-15(14-1-3-16-4-2-14)20-11-9-18(10-12-20)7-8-19-6-5-17-13-19/h1-6,13H,7-12H2. The van der Waals surface area contributed by atoms with Gasteiger partial charge in [-0.05, 0) is 12.1 Å². The van der Waals surface area contributed by atoms with E-state index in [1.165, 1.54) is 0 Å². The van der Waals surface area contributed by atoms with Crippen molar-refractivity contribution < 1.29 is 4.79 Å². The minimum absolute atomic E-state index is 0.103. The first-order valence-corrected chi connectivity index (χ1v) is 7.20. The SMILES string of the molecule is O=C(c1ccncc1)N1CCN(CCn2ccnc2)CC1. The van der Waals surface area contributed by atoms with Crippen LogP contribution >= 0.6 is 0 Å². The molecule has 0 aromatic carbocycles. The monoisotopic (exact) mass is 285 g/mol. The van der Waals surface area contributed by atoms with Crippen molar-refractivity contribution in [1.82, 2.24) is 24.3 Å². The van der Waals surface area contributed by atoms with Crippen LogP contribution in [0.5, 0.6) is 0 Å². The molecule has 1 amide bonds. The van der Waals surface area contributed by atoms with Gasteiger partial charge >= 0.3 is 0 Å². The van der Waals surface area contributed by atoms with Crippen molar-refractivity contribution in [2.45, 2.75) is 6.54 Å². The summed E-state index contributed by atoms with van der Waals surface area (Å²) in [6.45, 7) is 5.35. The van der Waals surface area contributed by atoms with Gasteiger partial charge in [-0.1, -0.05) is 0 Å². The van der Waals surface area contributed by atoms with E-state index in [0.29, 0.717) is 0 Å². The zero-order valence-electron chi connectivity index (χ0n) is 11.9. The molecule has 0 saturated carbocycles. The first kappa shape index (κ1) is 13.8. The number of hydrogen-bond donors (Lipinski definition) is 0. The Morgan fingerprint density at radius 1 is 1.00 bits per heavy atom. The van der Waals surface area contributed by atoms with Crippen LogP contribution in [-0.4, -0.2) is 63.0 Å². The third-order valence-corrected chi connectivity index (χ3v) is 3.82. The Bertz CT molecular complexity index is 561. The van der Waals surface area contributed by atoms with Gasteiger partial charge in [0.15, 0.2) is 0 Å². The molecule has 1 aliphatic heterocycles. The lowest BCUT2D eigenvalue weighted by atomic mass is 10.2. The summed E-state index contributed by atoms with van der Waals surface area (Å²) in [6.07, 6.45) is 8.93. The fourth-order valence-electron chi connectivity index (χ4n) is 2.53. The molecule has 0 atom stereocenters. The van der Waals surface area contributed by atoms with Crippen LogP contribution in [0.15, 0.2) is 43.2 Å². The highest BCUT2D eigenvalue weighted by molar-refractivity contribution is 5.94. The maximum atomic E-state index is 12.3. The molecule has 6 heteroatoms. The summed E-state index contributed by atoms with van der Waals surface area (Å²) in [5, 5.41) is 0. The summed E-state index contributed by atoms with van der Waals surface area (Å²) in [4.78, 5) is 24.6. The minimum atomic E-state index is 0.103. The van der Waals surface area contributed by atoms with Crippen molar-refractivity contribution >= 4 is 5.91 Å². The third-order valence-electron chi connectivity index (χ3n) is 3.82. The number of carbonyl (C=O) groups excluding carboxylic acids is 1. The fourth-order valence-corrected chi connectivity index (χ4v) is 2.53. The number of nitrogens with zero attached hydrogens (tertiary/aromatic N) is 5. The summed E-state index contributed by atoms with van der Waals surface area (Å²) < 4.78 is 2.08. The van der Waals surface area contributed by atoms with Gasteiger partial charge < -0.3 is 9.47 Å². The van der Waals surface area contributed by atoms with Crippen LogP contribution in [0.1, 0.15) is 10.4 Å². The van der Waals surface area contributed by atoms with Crippen LogP contribution < -0.4 is 0 Å². The molecule has 0 unspecified atom stereocenters. The molecule has 0 aliphatic carbocycles. The van der Waals surface area contributed by atoms with Crippen LogP contribution in [0.25, 0.3) is 0 Å². The van der Waals surface area contributed by atoms with E-state index in [0.717, 1.165) is 44.8 Å². The topological polar surface area (TPSA) is 54.3 Å². The molecule has 3 rings (SSSR count). The largest absolute Gasteiger partial charge is 0.336 e. The Kier molecular flexibility index (Phi) is 4.25. The van der Waals surface area contributed by atoms with E-state index < -0.39 is 0 Å². The Hall–Kier alpha value is -2.21. The maximum absolute atomic E-state index is 12.3. The highest BCUT2D eigenvalue weighted by atomic mass is 16.2. The Labute approximate surface area is 124 Å². The number of carbonyl (C=O) groups is 1. The molecule has 0 spiro atoms. The summed E-state index contributed by atoms with van der Waals surface area (Å²) in [7, 11) is 0. The van der Waals surface area contributed by atoms with Crippen LogP contribution in [0, 0.1) is 0 Å². The predicted molar refractivity (Wildman–Crippen MR) is 78.8 cm³/mol. The molecule has 1 aliphatic rings. The lowest BCUT2D eigenvalue weighted by Crippen LogP contribution is -2.49. The second kappa shape index (κ2) is 6.49. The number of pyridine rings is 1. The van der Waals surface area contributed by atoms with Crippen molar-refractivity contribution in [2.75, 3.05) is 32.7 Å². The zero-order chi connectivity index (χ0) is 14.5. The van der Waals surface area contributed by atoms with Gasteiger partial charge in [0.2, 0.25) is 0 Å². The highest BCUT2D eigenvalue weighted by Crippen LogP contribution is 2.08. The molecular weight excluding hydrogens is 266 g/mol. The average Bonchev–Trinajstić information content (AvgIpc) is 3.07. The molecule has 1 fully saturated rings. The van der Waals surface area contributed by atoms with E-state index in [-0.39, 0.29) is 5.91 Å². The highest BCUT2D eigenvalue weighted by Gasteiger charge is 2.21. The van der Waals surface area contributed by atoms with Gasteiger partial charge in [-0.15, -0.1) is 0 Å². The average molecular weight is 285 g/mol. The second-order valence-electron chi connectivity index (χ2n) is 5.17. The second-order valence-corrected chi connectivity index (χ2v) is 5.17. The van der Waals surface area contributed by atoms with Crippen molar-refractivity contribution in [3.8, 4) is 0 Å². The molecule has 2 aromatic rings. The van der Waals surface area contributed by atoms with Crippen LogP contribution in [0.3, 0.4) is 0 Å². The molecule has 21 heavy (non-hydrogen) atoms. The molecular formula is C15H19N5O. The predicted octanol–water partition coefficient (Wildman–Crippen LogP) is 0.736. The normalized spacial score (nSPS) is 16.1. The Balaban J connectivity index is 1.47. The Morgan fingerprint density at radius 3 is 2.43 bits per heavy atom. The van der Waals surface area contributed by atoms with Crippen LogP contribution in [0.4, 0.5) is 0 Å². The Morgan fingerprint density at radius 2 is 1.76 bits per heavy atom.